The molecule has 0 bridgehead atoms. The van der Waals surface area contributed by atoms with Crippen molar-refractivity contribution >= 4 is 0 Å². The van der Waals surface area contributed by atoms with Crippen LogP contribution in [0.25, 0.3) is 0 Å². The van der Waals surface area contributed by atoms with Crippen molar-refractivity contribution in [2.24, 2.45) is 29.1 Å². The zero-order chi connectivity index (χ0) is 9.52. The highest BCUT2D eigenvalue weighted by atomic mass is 14.6. The summed E-state index contributed by atoms with van der Waals surface area (Å²) in [6, 6.07) is 0. The molecule has 0 aromatic carbocycles. The highest BCUT2D eigenvalue weighted by Crippen LogP contribution is 2.57. The van der Waals surface area contributed by atoms with E-state index in [9.17, 15) is 0 Å². The molecule has 0 N–H and O–H groups in total. The van der Waals surface area contributed by atoms with Crippen LogP contribution in [0.5, 0.6) is 0 Å². The summed E-state index contributed by atoms with van der Waals surface area (Å²) in [6.07, 6.45) is 1.47. The maximum Gasteiger partial charge on any atom is -0.0297 e. The Bertz CT molecular complexity index is 141. The van der Waals surface area contributed by atoms with E-state index in [4.69, 9.17) is 0 Å². The molecule has 0 heterocycles. The van der Waals surface area contributed by atoms with Gasteiger partial charge >= 0.3 is 0 Å². The second-order valence-electron chi connectivity index (χ2n) is 5.59. The molecule has 0 aliphatic heterocycles. The van der Waals surface area contributed by atoms with E-state index >= 15 is 0 Å². The standard InChI is InChI=1S/C7H14.C5H10/c1-5-6(2)7(5,3)4;1-4-3-5(4)2/h5-6H,1-4H3;4-5H,3H2,1-2H3. The summed E-state index contributed by atoms with van der Waals surface area (Å²) < 4.78 is 0. The fourth-order valence-electron chi connectivity index (χ4n) is 1.70. The van der Waals surface area contributed by atoms with Gasteiger partial charge in [-0.25, -0.2) is 0 Å². The molecule has 4 unspecified atom stereocenters. The maximum absolute atomic E-state index is 2.34. The molecule has 0 saturated heterocycles. The lowest BCUT2D eigenvalue weighted by Gasteiger charge is -1.94. The average molecular weight is 168 g/mol. The van der Waals surface area contributed by atoms with Gasteiger partial charge in [-0.1, -0.05) is 41.5 Å². The molecule has 2 aliphatic carbocycles. The zero-order valence-electron chi connectivity index (χ0n) is 9.52. The average Bonchev–Trinajstić information content (AvgIpc) is 2.72. The quantitative estimate of drug-likeness (QED) is 0.513. The highest BCUT2D eigenvalue weighted by Gasteiger charge is 2.50. The van der Waals surface area contributed by atoms with Crippen LogP contribution in [0.1, 0.15) is 48.0 Å². The predicted octanol–water partition coefficient (Wildman–Crippen LogP) is 3.96. The molecule has 2 saturated carbocycles. The summed E-state index contributed by atoms with van der Waals surface area (Å²) in [7, 11) is 0. The summed E-state index contributed by atoms with van der Waals surface area (Å²) in [4.78, 5) is 0. The predicted molar refractivity (Wildman–Crippen MR) is 55.1 cm³/mol. The first kappa shape index (κ1) is 10.1. The van der Waals surface area contributed by atoms with E-state index in [0.29, 0.717) is 5.41 Å². The SMILES string of the molecule is CC1C(C)C1(C)C.CC1CC1C. The first-order valence-corrected chi connectivity index (χ1v) is 5.37. The monoisotopic (exact) mass is 168 g/mol. The second kappa shape index (κ2) is 3.05. The zero-order valence-corrected chi connectivity index (χ0v) is 9.52. The van der Waals surface area contributed by atoms with Gasteiger partial charge in [0.2, 0.25) is 0 Å². The van der Waals surface area contributed by atoms with Crippen molar-refractivity contribution in [2.75, 3.05) is 0 Å². The van der Waals surface area contributed by atoms with Crippen molar-refractivity contribution in [1.82, 2.24) is 0 Å². The topological polar surface area (TPSA) is 0 Å². The van der Waals surface area contributed by atoms with E-state index in [1.54, 1.807) is 0 Å². The summed E-state index contributed by atoms with van der Waals surface area (Å²) in [5.41, 5.74) is 0.667. The molecule has 0 heteroatoms. The molecule has 2 rings (SSSR count). The smallest absolute Gasteiger partial charge is 0.0297 e. The van der Waals surface area contributed by atoms with Gasteiger partial charge in [0.25, 0.3) is 0 Å². The molecule has 2 aliphatic rings. The number of hydrogen-bond donors (Lipinski definition) is 0. The van der Waals surface area contributed by atoms with E-state index in [-0.39, 0.29) is 0 Å². The molecule has 0 amide bonds. The molecule has 2 fully saturated rings. The molecule has 72 valence electrons. The largest absolute Gasteiger partial charge is 0.0622 e. The maximum atomic E-state index is 2.34. The Morgan fingerprint density at radius 2 is 1.00 bits per heavy atom. The van der Waals surface area contributed by atoms with Crippen LogP contribution in [0.2, 0.25) is 0 Å². The van der Waals surface area contributed by atoms with Gasteiger partial charge in [0.05, 0.1) is 0 Å². The Kier molecular flexibility index (Phi) is 2.56. The molecule has 4 atom stereocenters. The summed E-state index contributed by atoms with van der Waals surface area (Å²) in [5, 5.41) is 0. The molecule has 0 nitrogen and oxygen atoms in total. The van der Waals surface area contributed by atoms with Crippen LogP contribution in [0.4, 0.5) is 0 Å². The van der Waals surface area contributed by atoms with E-state index in [1.165, 1.54) is 6.42 Å². The van der Waals surface area contributed by atoms with E-state index in [2.05, 4.69) is 41.5 Å². The first-order chi connectivity index (χ1) is 5.37. The Morgan fingerprint density at radius 3 is 1.00 bits per heavy atom. The molecule has 12 heavy (non-hydrogen) atoms. The molecule has 0 aromatic rings. The lowest BCUT2D eigenvalue weighted by Crippen LogP contribution is -1.85. The van der Waals surface area contributed by atoms with Gasteiger partial charge in [-0.15, -0.1) is 0 Å². The molecular weight excluding hydrogens is 144 g/mol. The Hall–Kier alpha value is 0. The minimum Gasteiger partial charge on any atom is -0.0622 e. The first-order valence-electron chi connectivity index (χ1n) is 5.37. The Morgan fingerprint density at radius 1 is 0.833 bits per heavy atom. The Balaban J connectivity index is 0.000000127. The minimum absolute atomic E-state index is 0.667. The third-order valence-electron chi connectivity index (χ3n) is 4.50. The minimum atomic E-state index is 0.667. The van der Waals surface area contributed by atoms with Crippen molar-refractivity contribution in [2.45, 2.75) is 48.0 Å². The summed E-state index contributed by atoms with van der Waals surface area (Å²) in [6.45, 7) is 13.9. The van der Waals surface area contributed by atoms with E-state index < -0.39 is 0 Å². The van der Waals surface area contributed by atoms with Gasteiger partial charge < -0.3 is 0 Å². The molecule has 0 aromatic heterocycles. The lowest BCUT2D eigenvalue weighted by atomic mass is 10.1. The van der Waals surface area contributed by atoms with E-state index in [0.717, 1.165) is 23.7 Å². The summed E-state index contributed by atoms with van der Waals surface area (Å²) in [5.74, 6) is 4.03. The van der Waals surface area contributed by atoms with Gasteiger partial charge in [0, 0.05) is 0 Å². The Labute approximate surface area is 77.7 Å². The lowest BCUT2D eigenvalue weighted by molar-refractivity contribution is 0.559. The highest BCUT2D eigenvalue weighted by molar-refractivity contribution is 4.99. The van der Waals surface area contributed by atoms with Crippen molar-refractivity contribution in [1.29, 1.82) is 0 Å². The van der Waals surface area contributed by atoms with Crippen molar-refractivity contribution < 1.29 is 0 Å². The normalized spacial score (nSPS) is 47.5. The third-order valence-corrected chi connectivity index (χ3v) is 4.50. The van der Waals surface area contributed by atoms with Crippen LogP contribution < -0.4 is 0 Å². The van der Waals surface area contributed by atoms with Gasteiger partial charge in [-0.05, 0) is 35.5 Å². The third kappa shape index (κ3) is 2.02. The van der Waals surface area contributed by atoms with Crippen LogP contribution >= 0.6 is 0 Å². The van der Waals surface area contributed by atoms with Crippen LogP contribution in [0.15, 0.2) is 0 Å². The van der Waals surface area contributed by atoms with Crippen molar-refractivity contribution in [3.05, 3.63) is 0 Å². The molecule has 0 radical (unpaired) electrons. The molecular formula is C12H24. The van der Waals surface area contributed by atoms with Crippen LogP contribution in [-0.2, 0) is 0 Å². The number of hydrogen-bond acceptors (Lipinski definition) is 0. The van der Waals surface area contributed by atoms with Gasteiger partial charge in [-0.2, -0.15) is 0 Å². The van der Waals surface area contributed by atoms with Crippen LogP contribution in [0, 0.1) is 29.1 Å². The van der Waals surface area contributed by atoms with Crippen molar-refractivity contribution in [3.63, 3.8) is 0 Å². The number of rotatable bonds is 0. The van der Waals surface area contributed by atoms with Crippen LogP contribution in [0.3, 0.4) is 0 Å². The van der Waals surface area contributed by atoms with E-state index in [1.807, 2.05) is 0 Å². The fourth-order valence-corrected chi connectivity index (χ4v) is 1.70. The van der Waals surface area contributed by atoms with Gasteiger partial charge in [0.1, 0.15) is 0 Å². The van der Waals surface area contributed by atoms with Crippen LogP contribution in [-0.4, -0.2) is 0 Å². The second-order valence-corrected chi connectivity index (χ2v) is 5.59. The van der Waals surface area contributed by atoms with Gasteiger partial charge in [-0.3, -0.25) is 0 Å². The summed E-state index contributed by atoms with van der Waals surface area (Å²) >= 11 is 0. The van der Waals surface area contributed by atoms with Crippen molar-refractivity contribution in [3.8, 4) is 0 Å². The fraction of sp³-hybridized carbons (Fsp3) is 1.00. The molecule has 0 spiro atoms. The van der Waals surface area contributed by atoms with Gasteiger partial charge in [0.15, 0.2) is 0 Å².